The van der Waals surface area contributed by atoms with Gasteiger partial charge in [-0.15, -0.1) is 0 Å². The van der Waals surface area contributed by atoms with Gasteiger partial charge in [0.15, 0.2) is 0 Å². The summed E-state index contributed by atoms with van der Waals surface area (Å²) in [6.07, 6.45) is 0.618. The molecule has 0 aromatic carbocycles. The van der Waals surface area contributed by atoms with Crippen LogP contribution in [0, 0.1) is 0 Å². The fraction of sp³-hybridized carbons (Fsp3) is 0.556. The SMILES string of the molecule is O=C(/C=C/C(=O)OC(CO)CO)OCCO. The Balaban J connectivity index is 3.93. The van der Waals surface area contributed by atoms with E-state index in [1.54, 1.807) is 0 Å². The summed E-state index contributed by atoms with van der Waals surface area (Å²) in [5.41, 5.74) is 0. The van der Waals surface area contributed by atoms with Crippen LogP contribution in [0.1, 0.15) is 0 Å². The molecule has 0 spiro atoms. The van der Waals surface area contributed by atoms with Gasteiger partial charge in [-0.05, 0) is 0 Å². The summed E-state index contributed by atoms with van der Waals surface area (Å²) in [6, 6.07) is 0. The lowest BCUT2D eigenvalue weighted by molar-refractivity contribution is -0.148. The number of aliphatic hydroxyl groups excluding tert-OH is 3. The van der Waals surface area contributed by atoms with E-state index in [0.717, 1.165) is 12.2 Å². The third-order valence-electron chi connectivity index (χ3n) is 1.38. The van der Waals surface area contributed by atoms with Crippen LogP contribution in [0.3, 0.4) is 0 Å². The highest BCUT2D eigenvalue weighted by atomic mass is 16.6. The quantitative estimate of drug-likeness (QED) is 0.344. The zero-order valence-electron chi connectivity index (χ0n) is 8.54. The topological polar surface area (TPSA) is 113 Å². The molecule has 92 valence electrons. The molecule has 0 aliphatic carbocycles. The summed E-state index contributed by atoms with van der Waals surface area (Å²) in [4.78, 5) is 21.8. The van der Waals surface area contributed by atoms with E-state index in [1.165, 1.54) is 0 Å². The number of hydrogen-bond donors (Lipinski definition) is 3. The van der Waals surface area contributed by atoms with Crippen molar-refractivity contribution in [1.82, 2.24) is 0 Å². The molecular formula is C9H14O7. The molecule has 0 radical (unpaired) electrons. The van der Waals surface area contributed by atoms with Gasteiger partial charge in [-0.25, -0.2) is 9.59 Å². The van der Waals surface area contributed by atoms with Crippen LogP contribution in [0.15, 0.2) is 12.2 Å². The van der Waals surface area contributed by atoms with E-state index in [4.69, 9.17) is 15.3 Å². The lowest BCUT2D eigenvalue weighted by atomic mass is 10.4. The van der Waals surface area contributed by atoms with Crippen LogP contribution >= 0.6 is 0 Å². The Morgan fingerprint density at radius 1 is 1.06 bits per heavy atom. The van der Waals surface area contributed by atoms with Crippen LogP contribution in [0.25, 0.3) is 0 Å². The minimum absolute atomic E-state index is 0.159. The van der Waals surface area contributed by atoms with Crippen LogP contribution in [0.2, 0.25) is 0 Å². The molecule has 0 unspecified atom stereocenters. The van der Waals surface area contributed by atoms with Gasteiger partial charge in [-0.3, -0.25) is 0 Å². The smallest absolute Gasteiger partial charge is 0.331 e. The first-order valence-electron chi connectivity index (χ1n) is 4.52. The van der Waals surface area contributed by atoms with Crippen molar-refractivity contribution in [2.75, 3.05) is 26.4 Å². The summed E-state index contributed by atoms with van der Waals surface area (Å²) >= 11 is 0. The molecule has 0 heterocycles. The van der Waals surface area contributed by atoms with Crippen LogP contribution in [-0.2, 0) is 19.1 Å². The van der Waals surface area contributed by atoms with Crippen molar-refractivity contribution >= 4 is 11.9 Å². The first-order valence-corrected chi connectivity index (χ1v) is 4.52. The average Bonchev–Trinajstić information content (AvgIpc) is 2.30. The monoisotopic (exact) mass is 234 g/mol. The molecule has 7 heteroatoms. The van der Waals surface area contributed by atoms with Crippen molar-refractivity contribution in [1.29, 1.82) is 0 Å². The Hall–Kier alpha value is -1.44. The van der Waals surface area contributed by atoms with Crippen molar-refractivity contribution in [3.8, 4) is 0 Å². The van der Waals surface area contributed by atoms with E-state index >= 15 is 0 Å². The summed E-state index contributed by atoms with van der Waals surface area (Å²) in [5.74, 6) is -1.68. The fourth-order valence-corrected chi connectivity index (χ4v) is 0.666. The minimum atomic E-state index is -1.01. The third-order valence-corrected chi connectivity index (χ3v) is 1.38. The number of aliphatic hydroxyl groups is 3. The van der Waals surface area contributed by atoms with E-state index in [2.05, 4.69) is 9.47 Å². The maximum Gasteiger partial charge on any atom is 0.331 e. The molecule has 0 rings (SSSR count). The van der Waals surface area contributed by atoms with E-state index in [9.17, 15) is 9.59 Å². The second-order valence-electron chi connectivity index (χ2n) is 2.65. The molecular weight excluding hydrogens is 220 g/mol. The summed E-state index contributed by atoms with van der Waals surface area (Å²) in [7, 11) is 0. The van der Waals surface area contributed by atoms with Crippen LogP contribution in [-0.4, -0.2) is 59.8 Å². The number of ether oxygens (including phenoxy) is 2. The zero-order chi connectivity index (χ0) is 12.4. The van der Waals surface area contributed by atoms with E-state index in [1.807, 2.05) is 0 Å². The highest BCUT2D eigenvalue weighted by Gasteiger charge is 2.10. The Kier molecular flexibility index (Phi) is 8.04. The predicted molar refractivity (Wildman–Crippen MR) is 51.2 cm³/mol. The zero-order valence-corrected chi connectivity index (χ0v) is 8.54. The number of carbonyl (C=O) groups is 2. The summed E-state index contributed by atoms with van der Waals surface area (Å²) in [5, 5.41) is 25.5. The Morgan fingerprint density at radius 2 is 1.62 bits per heavy atom. The molecule has 7 nitrogen and oxygen atoms in total. The third kappa shape index (κ3) is 6.93. The molecule has 0 aliphatic rings. The molecule has 0 atom stereocenters. The lowest BCUT2D eigenvalue weighted by Crippen LogP contribution is -2.24. The van der Waals surface area contributed by atoms with Crippen LogP contribution in [0.4, 0.5) is 0 Å². The normalized spacial score (nSPS) is 10.8. The highest BCUT2D eigenvalue weighted by molar-refractivity contribution is 5.91. The van der Waals surface area contributed by atoms with Gasteiger partial charge in [-0.1, -0.05) is 0 Å². The number of carbonyl (C=O) groups excluding carboxylic acids is 2. The maximum atomic E-state index is 11.0. The second kappa shape index (κ2) is 8.84. The predicted octanol–water partition coefficient (Wildman–Crippen LogP) is -2.03. The summed E-state index contributed by atoms with van der Waals surface area (Å²) in [6.45, 7) is -1.48. The van der Waals surface area contributed by atoms with Gasteiger partial charge >= 0.3 is 11.9 Å². The van der Waals surface area contributed by atoms with Gasteiger partial charge in [-0.2, -0.15) is 0 Å². The Bertz CT molecular complexity index is 244. The maximum absolute atomic E-state index is 11.0. The van der Waals surface area contributed by atoms with E-state index < -0.39 is 31.3 Å². The largest absolute Gasteiger partial charge is 0.460 e. The van der Waals surface area contributed by atoms with Gasteiger partial charge in [0.2, 0.25) is 0 Å². The van der Waals surface area contributed by atoms with Crippen molar-refractivity contribution in [3.05, 3.63) is 12.2 Å². The molecule has 0 saturated heterocycles. The van der Waals surface area contributed by atoms with Gasteiger partial charge in [0, 0.05) is 12.2 Å². The van der Waals surface area contributed by atoms with Crippen molar-refractivity contribution in [2.45, 2.75) is 6.10 Å². The molecule has 0 fully saturated rings. The minimum Gasteiger partial charge on any atom is -0.460 e. The Morgan fingerprint density at radius 3 is 2.12 bits per heavy atom. The summed E-state index contributed by atoms with van der Waals surface area (Å²) < 4.78 is 8.94. The van der Waals surface area contributed by atoms with Crippen molar-refractivity contribution in [3.63, 3.8) is 0 Å². The van der Waals surface area contributed by atoms with Crippen LogP contribution in [0.5, 0.6) is 0 Å². The molecule has 0 aromatic heterocycles. The molecule has 16 heavy (non-hydrogen) atoms. The van der Waals surface area contributed by atoms with E-state index in [0.29, 0.717) is 0 Å². The highest BCUT2D eigenvalue weighted by Crippen LogP contribution is 1.92. The van der Waals surface area contributed by atoms with Gasteiger partial charge < -0.3 is 24.8 Å². The van der Waals surface area contributed by atoms with Gasteiger partial charge in [0.25, 0.3) is 0 Å². The lowest BCUT2D eigenvalue weighted by Gasteiger charge is -2.10. The fourth-order valence-electron chi connectivity index (χ4n) is 0.666. The number of esters is 2. The molecule has 3 N–H and O–H groups in total. The Labute approximate surface area is 91.9 Å². The van der Waals surface area contributed by atoms with Gasteiger partial charge in [0.05, 0.1) is 19.8 Å². The van der Waals surface area contributed by atoms with Gasteiger partial charge in [0.1, 0.15) is 12.7 Å². The first kappa shape index (κ1) is 14.6. The molecule has 0 aliphatic heterocycles. The number of rotatable bonds is 7. The van der Waals surface area contributed by atoms with E-state index in [-0.39, 0.29) is 13.2 Å². The molecule has 0 aromatic rings. The van der Waals surface area contributed by atoms with Crippen molar-refractivity contribution in [2.24, 2.45) is 0 Å². The molecule has 0 saturated carbocycles. The molecule has 0 amide bonds. The first-order chi connectivity index (χ1) is 7.63. The average molecular weight is 234 g/mol. The van der Waals surface area contributed by atoms with Crippen molar-refractivity contribution < 1.29 is 34.4 Å². The number of hydrogen-bond acceptors (Lipinski definition) is 7. The molecule has 0 bridgehead atoms. The standard InChI is InChI=1S/C9H14O7/c10-3-4-15-8(13)1-2-9(14)16-7(5-11)6-12/h1-2,7,10-12H,3-6H2/b2-1+. The van der Waals surface area contributed by atoms with Crippen LogP contribution < -0.4 is 0 Å². The second-order valence-corrected chi connectivity index (χ2v) is 2.65.